The average Bonchev–Trinajstić information content (AvgIpc) is 2.28. The van der Waals surface area contributed by atoms with Crippen molar-refractivity contribution in [3.8, 4) is 0 Å². The first-order valence-electron chi connectivity index (χ1n) is 5.63. The Morgan fingerprint density at radius 1 is 1.60 bits per heavy atom. The maximum absolute atomic E-state index is 11.7. The summed E-state index contributed by atoms with van der Waals surface area (Å²) in [6.45, 7) is 2.62. The van der Waals surface area contributed by atoms with Crippen LogP contribution in [-0.2, 0) is 9.53 Å². The van der Waals surface area contributed by atoms with Crippen molar-refractivity contribution in [3.05, 3.63) is 0 Å². The second-order valence-corrected chi connectivity index (χ2v) is 4.23. The highest BCUT2D eigenvalue weighted by atomic mass is 16.5. The Morgan fingerprint density at radius 2 is 2.33 bits per heavy atom. The summed E-state index contributed by atoms with van der Waals surface area (Å²) in [6, 6.07) is -0.110. The zero-order valence-electron chi connectivity index (χ0n) is 9.61. The molecule has 1 N–H and O–H groups in total. The van der Waals surface area contributed by atoms with Crippen molar-refractivity contribution in [2.75, 3.05) is 20.3 Å². The molecule has 15 heavy (non-hydrogen) atoms. The van der Waals surface area contributed by atoms with Gasteiger partial charge in [-0.15, -0.1) is 0 Å². The minimum atomic E-state index is -0.110. The summed E-state index contributed by atoms with van der Waals surface area (Å²) in [5.74, 6) is 0.0588. The van der Waals surface area contributed by atoms with Crippen LogP contribution in [0.1, 0.15) is 32.6 Å². The molecule has 0 radical (unpaired) electrons. The number of likely N-dealkylation sites (N-methyl/N-ethyl adjacent to an activating group) is 1. The molecule has 0 aromatic carbocycles. The van der Waals surface area contributed by atoms with Crippen molar-refractivity contribution in [1.29, 1.82) is 0 Å². The van der Waals surface area contributed by atoms with E-state index in [1.807, 2.05) is 6.92 Å². The van der Waals surface area contributed by atoms with Gasteiger partial charge in [-0.3, -0.25) is 4.79 Å². The smallest absolute Gasteiger partial charge is 0.225 e. The molecule has 2 unspecified atom stereocenters. The van der Waals surface area contributed by atoms with Crippen LogP contribution in [0.3, 0.4) is 0 Å². The summed E-state index contributed by atoms with van der Waals surface area (Å²) in [5, 5.41) is 8.93. The molecule has 0 bridgehead atoms. The van der Waals surface area contributed by atoms with Gasteiger partial charge in [-0.05, 0) is 26.2 Å². The normalized spacial score (nSPS) is 23.5. The Bertz CT molecular complexity index is 202. The molecule has 0 aromatic rings. The SMILES string of the molecule is CC(CO)N(C)C(=O)CC1CCCCO1. The van der Waals surface area contributed by atoms with Gasteiger partial charge in [-0.25, -0.2) is 0 Å². The summed E-state index contributed by atoms with van der Waals surface area (Å²) < 4.78 is 5.50. The van der Waals surface area contributed by atoms with Gasteiger partial charge in [0.15, 0.2) is 0 Å². The fourth-order valence-electron chi connectivity index (χ4n) is 1.68. The molecule has 1 amide bonds. The third-order valence-corrected chi connectivity index (χ3v) is 3.00. The summed E-state index contributed by atoms with van der Waals surface area (Å²) in [6.07, 6.45) is 3.76. The Labute approximate surface area is 91.2 Å². The number of ether oxygens (including phenoxy) is 1. The molecule has 0 aromatic heterocycles. The molecule has 4 nitrogen and oxygen atoms in total. The van der Waals surface area contributed by atoms with E-state index in [1.54, 1.807) is 11.9 Å². The fraction of sp³-hybridized carbons (Fsp3) is 0.909. The number of aliphatic hydroxyl groups is 1. The van der Waals surface area contributed by atoms with Crippen LogP contribution in [0.4, 0.5) is 0 Å². The molecule has 2 atom stereocenters. The van der Waals surface area contributed by atoms with Crippen LogP contribution in [0.2, 0.25) is 0 Å². The number of hydrogen-bond donors (Lipinski definition) is 1. The molecule has 88 valence electrons. The van der Waals surface area contributed by atoms with Crippen LogP contribution in [0.25, 0.3) is 0 Å². The van der Waals surface area contributed by atoms with Gasteiger partial charge in [-0.1, -0.05) is 0 Å². The van der Waals surface area contributed by atoms with Crippen molar-refractivity contribution < 1.29 is 14.6 Å². The third kappa shape index (κ3) is 3.80. The van der Waals surface area contributed by atoms with Crippen molar-refractivity contribution in [3.63, 3.8) is 0 Å². The molecule has 1 aliphatic heterocycles. The highest BCUT2D eigenvalue weighted by molar-refractivity contribution is 5.76. The quantitative estimate of drug-likeness (QED) is 0.754. The van der Waals surface area contributed by atoms with Crippen LogP contribution < -0.4 is 0 Å². The molecular weight excluding hydrogens is 194 g/mol. The molecule has 1 fully saturated rings. The second-order valence-electron chi connectivity index (χ2n) is 4.23. The number of hydrogen-bond acceptors (Lipinski definition) is 3. The van der Waals surface area contributed by atoms with Gasteiger partial charge >= 0.3 is 0 Å². The Balaban J connectivity index is 2.33. The van der Waals surface area contributed by atoms with Crippen LogP contribution in [-0.4, -0.2) is 48.3 Å². The molecule has 1 rings (SSSR count). The molecule has 1 aliphatic rings. The van der Waals surface area contributed by atoms with Gasteiger partial charge < -0.3 is 14.7 Å². The molecule has 4 heteroatoms. The van der Waals surface area contributed by atoms with E-state index in [2.05, 4.69) is 0 Å². The standard InChI is InChI=1S/C11H21NO3/c1-9(8-13)12(2)11(14)7-10-5-3-4-6-15-10/h9-10,13H,3-8H2,1-2H3. The lowest BCUT2D eigenvalue weighted by Gasteiger charge is -2.27. The third-order valence-electron chi connectivity index (χ3n) is 3.00. The topological polar surface area (TPSA) is 49.8 Å². The van der Waals surface area contributed by atoms with E-state index in [4.69, 9.17) is 9.84 Å². The fourth-order valence-corrected chi connectivity index (χ4v) is 1.68. The first-order valence-corrected chi connectivity index (χ1v) is 5.63. The highest BCUT2D eigenvalue weighted by Crippen LogP contribution is 2.16. The molecular formula is C11H21NO3. The van der Waals surface area contributed by atoms with Crippen LogP contribution in [0.5, 0.6) is 0 Å². The van der Waals surface area contributed by atoms with Gasteiger partial charge in [-0.2, -0.15) is 0 Å². The minimum absolute atomic E-state index is 0.00770. The van der Waals surface area contributed by atoms with E-state index < -0.39 is 0 Å². The number of nitrogens with zero attached hydrogens (tertiary/aromatic N) is 1. The molecule has 1 saturated heterocycles. The molecule has 0 spiro atoms. The van der Waals surface area contributed by atoms with Gasteiger partial charge in [0.2, 0.25) is 5.91 Å². The zero-order valence-corrected chi connectivity index (χ0v) is 9.61. The number of aliphatic hydroxyl groups excluding tert-OH is 1. The molecule has 1 heterocycles. The Morgan fingerprint density at radius 3 is 2.87 bits per heavy atom. The lowest BCUT2D eigenvalue weighted by Crippen LogP contribution is -2.39. The molecule has 0 saturated carbocycles. The number of amides is 1. The summed E-state index contributed by atoms with van der Waals surface area (Å²) >= 11 is 0. The summed E-state index contributed by atoms with van der Waals surface area (Å²) in [5.41, 5.74) is 0. The van der Waals surface area contributed by atoms with Crippen molar-refractivity contribution in [1.82, 2.24) is 4.90 Å². The number of carbonyl (C=O) groups excluding carboxylic acids is 1. The first-order chi connectivity index (χ1) is 7.15. The van der Waals surface area contributed by atoms with Crippen molar-refractivity contribution in [2.45, 2.75) is 44.8 Å². The molecule has 0 aliphatic carbocycles. The number of rotatable bonds is 4. The lowest BCUT2D eigenvalue weighted by molar-refractivity contribution is -0.136. The maximum atomic E-state index is 11.7. The lowest BCUT2D eigenvalue weighted by atomic mass is 10.1. The number of carbonyl (C=O) groups is 1. The van der Waals surface area contributed by atoms with Gasteiger partial charge in [0.25, 0.3) is 0 Å². The zero-order chi connectivity index (χ0) is 11.3. The predicted molar refractivity (Wildman–Crippen MR) is 57.5 cm³/mol. The van der Waals surface area contributed by atoms with E-state index >= 15 is 0 Å². The predicted octanol–water partition coefficient (Wildman–Crippen LogP) is 0.785. The van der Waals surface area contributed by atoms with E-state index in [9.17, 15) is 4.79 Å². The van der Waals surface area contributed by atoms with E-state index in [-0.39, 0.29) is 24.7 Å². The maximum Gasteiger partial charge on any atom is 0.225 e. The monoisotopic (exact) mass is 215 g/mol. The average molecular weight is 215 g/mol. The Kier molecular flexibility index (Phi) is 5.05. The minimum Gasteiger partial charge on any atom is -0.394 e. The summed E-state index contributed by atoms with van der Waals surface area (Å²) in [4.78, 5) is 13.3. The second kappa shape index (κ2) is 6.08. The van der Waals surface area contributed by atoms with Gasteiger partial charge in [0.05, 0.1) is 25.2 Å². The van der Waals surface area contributed by atoms with Crippen LogP contribution >= 0.6 is 0 Å². The van der Waals surface area contributed by atoms with E-state index in [1.165, 1.54) is 0 Å². The Hall–Kier alpha value is -0.610. The van der Waals surface area contributed by atoms with E-state index in [0.717, 1.165) is 25.9 Å². The van der Waals surface area contributed by atoms with Crippen molar-refractivity contribution >= 4 is 5.91 Å². The van der Waals surface area contributed by atoms with Crippen LogP contribution in [0.15, 0.2) is 0 Å². The van der Waals surface area contributed by atoms with Gasteiger partial charge in [0, 0.05) is 13.7 Å². The largest absolute Gasteiger partial charge is 0.394 e. The summed E-state index contributed by atoms with van der Waals surface area (Å²) in [7, 11) is 1.73. The van der Waals surface area contributed by atoms with Crippen LogP contribution in [0, 0.1) is 0 Å². The van der Waals surface area contributed by atoms with E-state index in [0.29, 0.717) is 6.42 Å². The highest BCUT2D eigenvalue weighted by Gasteiger charge is 2.21. The van der Waals surface area contributed by atoms with Gasteiger partial charge in [0.1, 0.15) is 0 Å². The first kappa shape index (κ1) is 12.5. The van der Waals surface area contributed by atoms with Crippen molar-refractivity contribution in [2.24, 2.45) is 0 Å².